The van der Waals surface area contributed by atoms with Gasteiger partial charge in [0.1, 0.15) is 0 Å². The lowest BCUT2D eigenvalue weighted by molar-refractivity contribution is 0.641. The fourth-order valence-electron chi connectivity index (χ4n) is 1.06. The van der Waals surface area contributed by atoms with Gasteiger partial charge in [0.25, 0.3) is 5.56 Å². The highest BCUT2D eigenvalue weighted by Crippen LogP contribution is 2.02. The largest absolute Gasteiger partial charge is 0.298 e. The number of nitrogens with zero attached hydrogens (tertiary/aromatic N) is 2. The van der Waals surface area contributed by atoms with Gasteiger partial charge in [-0.05, 0) is 40.5 Å². The fourth-order valence-corrected chi connectivity index (χ4v) is 2.16. The third-order valence-electron chi connectivity index (χ3n) is 1.75. The van der Waals surface area contributed by atoms with Crippen molar-refractivity contribution in [2.75, 3.05) is 11.5 Å². The molecule has 1 heterocycles. The summed E-state index contributed by atoms with van der Waals surface area (Å²) in [5.74, 6) is 2.24. The lowest BCUT2D eigenvalue weighted by Gasteiger charge is -2.04. The molecule has 0 bridgehead atoms. The van der Waals surface area contributed by atoms with Crippen molar-refractivity contribution < 1.29 is 0 Å². The van der Waals surface area contributed by atoms with Gasteiger partial charge in [0.2, 0.25) is 0 Å². The fraction of sp³-hybridized carbons (Fsp3) is 0.556. The molecule has 0 N–H and O–H groups in total. The van der Waals surface area contributed by atoms with E-state index in [1.54, 1.807) is 17.1 Å². The van der Waals surface area contributed by atoms with Crippen LogP contribution in [0.2, 0.25) is 0 Å². The number of thioether (sulfide) groups is 1. The van der Waals surface area contributed by atoms with Crippen molar-refractivity contribution >= 4 is 34.4 Å². The summed E-state index contributed by atoms with van der Waals surface area (Å²) in [6.07, 6.45) is 4.24. The highest BCUT2D eigenvalue weighted by atomic mass is 127. The molecule has 0 saturated heterocycles. The standard InChI is InChI=1S/C9H13IN2OS/c1-2-14-5-3-4-12-7-11-6-8(10)9(12)13/h6-7H,2-5H2,1H3. The SMILES string of the molecule is CCSCCCn1cncc(I)c1=O. The van der Waals surface area contributed by atoms with Crippen LogP contribution in [-0.4, -0.2) is 21.1 Å². The minimum atomic E-state index is 0.0714. The summed E-state index contributed by atoms with van der Waals surface area (Å²) in [4.78, 5) is 15.5. The lowest BCUT2D eigenvalue weighted by atomic mass is 10.4. The van der Waals surface area contributed by atoms with Crippen molar-refractivity contribution in [2.45, 2.75) is 19.9 Å². The van der Waals surface area contributed by atoms with E-state index in [9.17, 15) is 4.79 Å². The predicted octanol–water partition coefficient (Wildman–Crippen LogP) is 1.99. The van der Waals surface area contributed by atoms with E-state index in [0.29, 0.717) is 3.57 Å². The maximum Gasteiger partial charge on any atom is 0.266 e. The van der Waals surface area contributed by atoms with Crippen LogP contribution >= 0.6 is 34.4 Å². The van der Waals surface area contributed by atoms with E-state index in [0.717, 1.165) is 24.5 Å². The minimum Gasteiger partial charge on any atom is -0.298 e. The first kappa shape index (κ1) is 12.0. The number of aromatic nitrogens is 2. The predicted molar refractivity (Wildman–Crippen MR) is 68.8 cm³/mol. The molecule has 0 aliphatic rings. The Balaban J connectivity index is 2.51. The second-order valence-corrected chi connectivity index (χ2v) is 5.35. The summed E-state index contributed by atoms with van der Waals surface area (Å²) < 4.78 is 2.37. The van der Waals surface area contributed by atoms with Crippen LogP contribution in [0.15, 0.2) is 17.3 Å². The molecule has 0 fully saturated rings. The van der Waals surface area contributed by atoms with Gasteiger partial charge in [-0.15, -0.1) is 0 Å². The van der Waals surface area contributed by atoms with Gasteiger partial charge < -0.3 is 0 Å². The highest BCUT2D eigenvalue weighted by Gasteiger charge is 1.99. The molecule has 0 unspecified atom stereocenters. The third kappa shape index (κ3) is 3.61. The number of hydrogen-bond donors (Lipinski definition) is 0. The van der Waals surface area contributed by atoms with Crippen molar-refractivity contribution in [1.82, 2.24) is 9.55 Å². The van der Waals surface area contributed by atoms with Gasteiger partial charge >= 0.3 is 0 Å². The van der Waals surface area contributed by atoms with Crippen molar-refractivity contribution in [3.63, 3.8) is 0 Å². The van der Waals surface area contributed by atoms with Crippen LogP contribution in [0.4, 0.5) is 0 Å². The average Bonchev–Trinajstić information content (AvgIpc) is 2.19. The van der Waals surface area contributed by atoms with E-state index in [4.69, 9.17) is 0 Å². The van der Waals surface area contributed by atoms with Crippen LogP contribution in [0.1, 0.15) is 13.3 Å². The Morgan fingerprint density at radius 1 is 1.64 bits per heavy atom. The first-order valence-corrected chi connectivity index (χ1v) is 6.76. The molecule has 5 heteroatoms. The molecule has 1 aromatic rings. The Bertz CT molecular complexity index is 340. The van der Waals surface area contributed by atoms with Crippen molar-refractivity contribution in [3.8, 4) is 0 Å². The zero-order valence-corrected chi connectivity index (χ0v) is 11.0. The second-order valence-electron chi connectivity index (χ2n) is 2.79. The van der Waals surface area contributed by atoms with Crippen molar-refractivity contribution in [3.05, 3.63) is 26.4 Å². The molecule has 0 aliphatic carbocycles. The molecule has 0 aromatic carbocycles. The quantitative estimate of drug-likeness (QED) is 0.614. The zero-order chi connectivity index (χ0) is 10.4. The summed E-state index contributed by atoms with van der Waals surface area (Å²) in [7, 11) is 0. The van der Waals surface area contributed by atoms with Crippen molar-refractivity contribution in [2.24, 2.45) is 0 Å². The molecule has 0 spiro atoms. The molecule has 14 heavy (non-hydrogen) atoms. The summed E-state index contributed by atoms with van der Waals surface area (Å²) >= 11 is 3.92. The molecule has 3 nitrogen and oxygen atoms in total. The first-order chi connectivity index (χ1) is 6.75. The molecular weight excluding hydrogens is 311 g/mol. The van der Waals surface area contributed by atoms with E-state index in [1.807, 2.05) is 34.4 Å². The smallest absolute Gasteiger partial charge is 0.266 e. The van der Waals surface area contributed by atoms with E-state index in [1.165, 1.54) is 0 Å². The first-order valence-electron chi connectivity index (χ1n) is 4.53. The van der Waals surface area contributed by atoms with Gasteiger partial charge in [0.15, 0.2) is 0 Å². The molecule has 0 atom stereocenters. The van der Waals surface area contributed by atoms with Crippen LogP contribution in [0.25, 0.3) is 0 Å². The van der Waals surface area contributed by atoms with Gasteiger partial charge in [-0.3, -0.25) is 9.36 Å². The maximum absolute atomic E-state index is 11.5. The van der Waals surface area contributed by atoms with Crippen LogP contribution in [-0.2, 0) is 6.54 Å². The zero-order valence-electron chi connectivity index (χ0n) is 8.07. The summed E-state index contributed by atoms with van der Waals surface area (Å²) in [6, 6.07) is 0. The van der Waals surface area contributed by atoms with Crippen LogP contribution in [0.3, 0.4) is 0 Å². The number of aryl methyl sites for hydroxylation is 1. The summed E-state index contributed by atoms with van der Waals surface area (Å²) in [5.41, 5.74) is 0.0714. The summed E-state index contributed by atoms with van der Waals surface area (Å²) in [5, 5.41) is 0. The molecule has 78 valence electrons. The molecule has 0 amide bonds. The molecule has 1 aromatic heterocycles. The molecule has 1 rings (SSSR count). The van der Waals surface area contributed by atoms with E-state index in [-0.39, 0.29) is 5.56 Å². The van der Waals surface area contributed by atoms with Gasteiger partial charge in [0, 0.05) is 12.7 Å². The number of rotatable bonds is 5. The van der Waals surface area contributed by atoms with Crippen molar-refractivity contribution in [1.29, 1.82) is 0 Å². The molecule has 0 saturated carbocycles. The topological polar surface area (TPSA) is 34.9 Å². The van der Waals surface area contributed by atoms with E-state index < -0.39 is 0 Å². The van der Waals surface area contributed by atoms with E-state index >= 15 is 0 Å². The van der Waals surface area contributed by atoms with Gasteiger partial charge in [-0.2, -0.15) is 11.8 Å². The normalized spacial score (nSPS) is 10.4. The van der Waals surface area contributed by atoms with Crippen LogP contribution < -0.4 is 5.56 Å². The van der Waals surface area contributed by atoms with Crippen LogP contribution in [0, 0.1) is 3.57 Å². The summed E-state index contributed by atoms with van der Waals surface area (Å²) in [6.45, 7) is 2.92. The third-order valence-corrected chi connectivity index (χ3v) is 3.48. The monoisotopic (exact) mass is 324 g/mol. The molecule has 0 radical (unpaired) electrons. The van der Waals surface area contributed by atoms with Crippen LogP contribution in [0.5, 0.6) is 0 Å². The number of halogens is 1. The highest BCUT2D eigenvalue weighted by molar-refractivity contribution is 14.1. The average molecular weight is 324 g/mol. The van der Waals surface area contributed by atoms with E-state index in [2.05, 4.69) is 11.9 Å². The van der Waals surface area contributed by atoms with Gasteiger partial charge in [-0.25, -0.2) is 4.98 Å². The second kappa shape index (κ2) is 6.44. The molecular formula is C9H13IN2OS. The molecule has 0 aliphatic heterocycles. The number of hydrogen-bond acceptors (Lipinski definition) is 3. The van der Waals surface area contributed by atoms with Gasteiger partial charge in [-0.1, -0.05) is 6.92 Å². The Kier molecular flexibility index (Phi) is 5.54. The Morgan fingerprint density at radius 2 is 2.43 bits per heavy atom. The Labute approximate surface area is 101 Å². The lowest BCUT2D eigenvalue weighted by Crippen LogP contribution is -2.22. The maximum atomic E-state index is 11.5. The van der Waals surface area contributed by atoms with Gasteiger partial charge in [0.05, 0.1) is 9.90 Å². The Morgan fingerprint density at radius 3 is 3.14 bits per heavy atom. The Hall–Kier alpha value is -0.0400. The minimum absolute atomic E-state index is 0.0714.